The van der Waals surface area contributed by atoms with Crippen LogP contribution < -0.4 is 0 Å². The Morgan fingerprint density at radius 1 is 1.50 bits per heavy atom. The summed E-state index contributed by atoms with van der Waals surface area (Å²) >= 11 is 0. The molecule has 2 atom stereocenters. The highest BCUT2D eigenvalue weighted by atomic mass is 16.5. The lowest BCUT2D eigenvalue weighted by Gasteiger charge is -2.33. The number of carbonyl (C=O) groups excluding carboxylic acids is 1. The van der Waals surface area contributed by atoms with E-state index in [1.165, 1.54) is 0 Å². The number of aryl methyl sites for hydroxylation is 1. The maximum atomic E-state index is 12.4. The van der Waals surface area contributed by atoms with Gasteiger partial charge in [-0.2, -0.15) is 5.10 Å². The van der Waals surface area contributed by atoms with Crippen LogP contribution in [-0.4, -0.2) is 58.9 Å². The zero-order chi connectivity index (χ0) is 13.9. The Kier molecular flexibility index (Phi) is 3.98. The number of rotatable bonds is 3. The van der Waals surface area contributed by atoms with Crippen molar-refractivity contribution < 1.29 is 14.3 Å². The summed E-state index contributed by atoms with van der Waals surface area (Å²) in [4.78, 5) is 18.6. The fourth-order valence-corrected chi connectivity index (χ4v) is 2.61. The van der Waals surface area contributed by atoms with E-state index in [4.69, 9.17) is 9.47 Å². The number of hydrogen-bond donors (Lipinski definition) is 1. The van der Waals surface area contributed by atoms with Gasteiger partial charge in [0.05, 0.1) is 25.7 Å². The summed E-state index contributed by atoms with van der Waals surface area (Å²) in [6.45, 7) is 4.93. The number of nitrogens with zero attached hydrogens (tertiary/aromatic N) is 3. The standard InChI is InChI=1S/C13H20N4O3/c1-2-11-14-12(16-15-11)10-7-17(4-6-20-10)13(18)9-3-5-19-8-9/h9-10H,2-8H2,1H3,(H,14,15,16). The molecule has 0 bridgehead atoms. The molecule has 0 radical (unpaired) electrons. The molecule has 2 fully saturated rings. The van der Waals surface area contributed by atoms with E-state index in [9.17, 15) is 4.79 Å². The Morgan fingerprint density at radius 3 is 3.10 bits per heavy atom. The van der Waals surface area contributed by atoms with Gasteiger partial charge >= 0.3 is 0 Å². The van der Waals surface area contributed by atoms with Gasteiger partial charge in [0.25, 0.3) is 0 Å². The summed E-state index contributed by atoms with van der Waals surface area (Å²) in [5.41, 5.74) is 0. The molecule has 2 unspecified atom stereocenters. The number of morpholine rings is 1. The highest BCUT2D eigenvalue weighted by Crippen LogP contribution is 2.23. The van der Waals surface area contributed by atoms with Crippen molar-refractivity contribution in [3.63, 3.8) is 0 Å². The van der Waals surface area contributed by atoms with Gasteiger partial charge in [0, 0.05) is 19.6 Å². The highest BCUT2D eigenvalue weighted by Gasteiger charge is 2.33. The van der Waals surface area contributed by atoms with E-state index >= 15 is 0 Å². The van der Waals surface area contributed by atoms with Crippen LogP contribution in [0.4, 0.5) is 0 Å². The Balaban J connectivity index is 1.65. The molecule has 1 amide bonds. The molecule has 0 aliphatic carbocycles. The summed E-state index contributed by atoms with van der Waals surface area (Å²) in [7, 11) is 0. The number of ether oxygens (including phenoxy) is 2. The van der Waals surface area contributed by atoms with E-state index in [-0.39, 0.29) is 17.9 Å². The van der Waals surface area contributed by atoms with Crippen molar-refractivity contribution >= 4 is 5.91 Å². The third-order valence-corrected chi connectivity index (χ3v) is 3.83. The van der Waals surface area contributed by atoms with Gasteiger partial charge in [-0.3, -0.25) is 9.89 Å². The van der Waals surface area contributed by atoms with Crippen molar-refractivity contribution in [1.29, 1.82) is 0 Å². The van der Waals surface area contributed by atoms with Crippen molar-refractivity contribution in [2.45, 2.75) is 25.9 Å². The van der Waals surface area contributed by atoms with Crippen LogP contribution in [-0.2, 0) is 20.7 Å². The molecule has 3 heterocycles. The third-order valence-electron chi connectivity index (χ3n) is 3.83. The summed E-state index contributed by atoms with van der Waals surface area (Å²) in [5.74, 6) is 1.66. The number of aromatic amines is 1. The van der Waals surface area contributed by atoms with E-state index in [2.05, 4.69) is 15.2 Å². The van der Waals surface area contributed by atoms with Gasteiger partial charge in [-0.15, -0.1) is 0 Å². The Hall–Kier alpha value is -1.47. The second-order valence-corrected chi connectivity index (χ2v) is 5.20. The molecule has 0 spiro atoms. The Bertz CT molecular complexity index is 470. The van der Waals surface area contributed by atoms with Gasteiger partial charge in [0.1, 0.15) is 11.9 Å². The topological polar surface area (TPSA) is 80.3 Å². The molecule has 1 aromatic rings. The average Bonchev–Trinajstić information content (AvgIpc) is 3.17. The van der Waals surface area contributed by atoms with Crippen molar-refractivity contribution in [1.82, 2.24) is 20.1 Å². The minimum Gasteiger partial charge on any atom is -0.381 e. The van der Waals surface area contributed by atoms with Crippen molar-refractivity contribution in [2.24, 2.45) is 5.92 Å². The van der Waals surface area contributed by atoms with Crippen LogP contribution in [0.15, 0.2) is 0 Å². The Morgan fingerprint density at radius 2 is 2.40 bits per heavy atom. The zero-order valence-corrected chi connectivity index (χ0v) is 11.7. The maximum absolute atomic E-state index is 12.4. The van der Waals surface area contributed by atoms with Crippen LogP contribution in [0, 0.1) is 5.92 Å². The quantitative estimate of drug-likeness (QED) is 0.861. The molecule has 0 aromatic carbocycles. The van der Waals surface area contributed by atoms with E-state index < -0.39 is 0 Å². The number of carbonyl (C=O) groups is 1. The molecular formula is C13H20N4O3. The van der Waals surface area contributed by atoms with Gasteiger partial charge in [0.2, 0.25) is 5.91 Å². The van der Waals surface area contributed by atoms with Crippen LogP contribution in [0.2, 0.25) is 0 Å². The summed E-state index contributed by atoms with van der Waals surface area (Å²) in [5, 5.41) is 7.07. The van der Waals surface area contributed by atoms with E-state index in [1.807, 2.05) is 11.8 Å². The molecule has 0 saturated carbocycles. The number of H-pyrrole nitrogens is 1. The maximum Gasteiger partial charge on any atom is 0.228 e. The lowest BCUT2D eigenvalue weighted by atomic mass is 10.1. The van der Waals surface area contributed by atoms with Gasteiger partial charge in [-0.1, -0.05) is 6.92 Å². The molecule has 2 aliphatic heterocycles. The average molecular weight is 280 g/mol. The van der Waals surface area contributed by atoms with E-state index in [1.54, 1.807) is 0 Å². The first kappa shape index (κ1) is 13.5. The largest absolute Gasteiger partial charge is 0.381 e. The molecule has 1 N–H and O–H groups in total. The van der Waals surface area contributed by atoms with Gasteiger partial charge < -0.3 is 14.4 Å². The van der Waals surface area contributed by atoms with Crippen LogP contribution in [0.5, 0.6) is 0 Å². The number of aromatic nitrogens is 3. The second kappa shape index (κ2) is 5.88. The van der Waals surface area contributed by atoms with Gasteiger partial charge in [-0.05, 0) is 6.42 Å². The molecule has 1 aromatic heterocycles. The lowest BCUT2D eigenvalue weighted by molar-refractivity contribution is -0.143. The SMILES string of the molecule is CCc1nc(C2CN(C(=O)C3CCOC3)CCO2)n[nH]1. The predicted molar refractivity (Wildman–Crippen MR) is 70.0 cm³/mol. The lowest BCUT2D eigenvalue weighted by Crippen LogP contribution is -2.45. The number of hydrogen-bond acceptors (Lipinski definition) is 5. The first-order valence-corrected chi connectivity index (χ1v) is 7.17. The van der Waals surface area contributed by atoms with Crippen molar-refractivity contribution in [3.8, 4) is 0 Å². The van der Waals surface area contributed by atoms with E-state index in [0.717, 1.165) is 18.7 Å². The molecule has 7 heteroatoms. The van der Waals surface area contributed by atoms with Crippen LogP contribution >= 0.6 is 0 Å². The number of amides is 1. The molecule has 7 nitrogen and oxygen atoms in total. The minimum absolute atomic E-state index is 0.00657. The summed E-state index contributed by atoms with van der Waals surface area (Å²) in [6, 6.07) is 0. The van der Waals surface area contributed by atoms with E-state index in [0.29, 0.717) is 38.7 Å². The first-order valence-electron chi connectivity index (χ1n) is 7.17. The molecule has 2 aliphatic rings. The number of nitrogens with one attached hydrogen (secondary N) is 1. The smallest absolute Gasteiger partial charge is 0.228 e. The molecule has 110 valence electrons. The van der Waals surface area contributed by atoms with Gasteiger partial charge in [0.15, 0.2) is 5.82 Å². The second-order valence-electron chi connectivity index (χ2n) is 5.20. The fraction of sp³-hybridized carbons (Fsp3) is 0.769. The third kappa shape index (κ3) is 2.69. The monoisotopic (exact) mass is 280 g/mol. The van der Waals surface area contributed by atoms with Crippen molar-refractivity contribution in [2.75, 3.05) is 32.9 Å². The van der Waals surface area contributed by atoms with Crippen LogP contribution in [0.25, 0.3) is 0 Å². The normalized spacial score (nSPS) is 26.9. The van der Waals surface area contributed by atoms with Crippen LogP contribution in [0.1, 0.15) is 31.1 Å². The minimum atomic E-state index is -0.230. The summed E-state index contributed by atoms with van der Waals surface area (Å²) in [6.07, 6.45) is 1.40. The Labute approximate surface area is 117 Å². The molecular weight excluding hydrogens is 260 g/mol. The first-order chi connectivity index (χ1) is 9.78. The predicted octanol–water partition coefficient (Wildman–Crippen LogP) is 0.304. The molecule has 3 rings (SSSR count). The molecule has 2 saturated heterocycles. The highest BCUT2D eigenvalue weighted by molar-refractivity contribution is 5.79. The van der Waals surface area contributed by atoms with Crippen molar-refractivity contribution in [3.05, 3.63) is 11.6 Å². The van der Waals surface area contributed by atoms with Crippen LogP contribution in [0.3, 0.4) is 0 Å². The zero-order valence-electron chi connectivity index (χ0n) is 11.7. The summed E-state index contributed by atoms with van der Waals surface area (Å²) < 4.78 is 11.0. The van der Waals surface area contributed by atoms with Gasteiger partial charge in [-0.25, -0.2) is 4.98 Å². The molecule has 20 heavy (non-hydrogen) atoms. The fourth-order valence-electron chi connectivity index (χ4n) is 2.61.